The van der Waals surface area contributed by atoms with Crippen LogP contribution in [-0.2, 0) is 0 Å². The first-order valence-electron chi connectivity index (χ1n) is 19.3. The summed E-state index contributed by atoms with van der Waals surface area (Å²) in [5.74, 6) is 0. The second-order valence-corrected chi connectivity index (χ2v) is 16.8. The van der Waals surface area contributed by atoms with E-state index in [1.165, 1.54) is 20.7 Å². The highest BCUT2D eigenvalue weighted by Gasteiger charge is 2.42. The largest absolute Gasteiger partial charge is 0.309 e. The van der Waals surface area contributed by atoms with Crippen molar-refractivity contribution in [3.05, 3.63) is 206 Å². The van der Waals surface area contributed by atoms with Crippen molar-refractivity contribution in [1.29, 1.82) is 0 Å². The zero-order valence-corrected chi connectivity index (χ0v) is 28.7. The topological polar surface area (TPSA) is 9.86 Å². The maximum atomic E-state index is 8.55. The Bertz CT molecular complexity index is 2720. The SMILES string of the molecule is [2H]c1ccc2c(c1)c1cc([2H])ccc1n2-c1cc(-n2c3ccc([2H])cc3c3cc([2H])ccc32)cc([Si](c2ccccc2)(c2ccccc2)c2ccccc2)c1. The molecule has 10 rings (SSSR count). The van der Waals surface area contributed by atoms with Gasteiger partial charge in [-0.15, -0.1) is 0 Å². The fourth-order valence-electron chi connectivity index (χ4n) is 8.28. The first kappa shape index (κ1) is 25.5. The Morgan fingerprint density at radius 1 is 0.314 bits per heavy atom. The van der Waals surface area contributed by atoms with Crippen molar-refractivity contribution in [2.45, 2.75) is 0 Å². The molecule has 0 bridgehead atoms. The predicted molar refractivity (Wildman–Crippen MR) is 219 cm³/mol. The highest BCUT2D eigenvalue weighted by atomic mass is 28.3. The van der Waals surface area contributed by atoms with Crippen LogP contribution in [0.15, 0.2) is 206 Å². The summed E-state index contributed by atoms with van der Waals surface area (Å²) < 4.78 is 38.8. The molecular weight excluding hydrogens is 633 g/mol. The second kappa shape index (κ2) is 11.9. The van der Waals surface area contributed by atoms with Crippen LogP contribution in [0.5, 0.6) is 0 Å². The lowest BCUT2D eigenvalue weighted by molar-refractivity contribution is 1.14. The molecule has 0 aliphatic carbocycles. The van der Waals surface area contributed by atoms with Crippen molar-refractivity contribution in [2.24, 2.45) is 0 Å². The van der Waals surface area contributed by atoms with Gasteiger partial charge >= 0.3 is 0 Å². The molecule has 3 heteroatoms. The van der Waals surface area contributed by atoms with Crippen LogP contribution in [0, 0.1) is 0 Å². The van der Waals surface area contributed by atoms with Crippen LogP contribution in [0.25, 0.3) is 55.0 Å². The molecule has 2 nitrogen and oxygen atoms in total. The molecule has 8 aromatic carbocycles. The van der Waals surface area contributed by atoms with E-state index in [4.69, 9.17) is 5.48 Å². The van der Waals surface area contributed by atoms with E-state index in [2.05, 4.69) is 118 Å². The van der Waals surface area contributed by atoms with Crippen LogP contribution in [0.2, 0.25) is 0 Å². The summed E-state index contributed by atoms with van der Waals surface area (Å²) in [5.41, 5.74) is 5.78. The van der Waals surface area contributed by atoms with Crippen LogP contribution in [0.1, 0.15) is 5.48 Å². The molecule has 10 aromatic rings. The molecule has 0 aliphatic heterocycles. The summed E-state index contributed by atoms with van der Waals surface area (Å²) in [6, 6.07) is 64.5. The van der Waals surface area contributed by atoms with Gasteiger partial charge in [0.05, 0.1) is 27.5 Å². The molecule has 2 aromatic heterocycles. The molecule has 0 radical (unpaired) electrons. The molecule has 0 aliphatic rings. The van der Waals surface area contributed by atoms with Crippen molar-refractivity contribution in [1.82, 2.24) is 9.13 Å². The van der Waals surface area contributed by atoms with E-state index in [0.717, 1.165) is 55.0 Å². The molecule has 0 atom stereocenters. The van der Waals surface area contributed by atoms with Gasteiger partial charge in [-0.3, -0.25) is 0 Å². The number of fused-ring (bicyclic) bond motifs is 6. The minimum Gasteiger partial charge on any atom is -0.309 e. The smallest absolute Gasteiger partial charge is 0.179 e. The summed E-state index contributed by atoms with van der Waals surface area (Å²) in [6.45, 7) is 0. The predicted octanol–water partition coefficient (Wildman–Crippen LogP) is 9.26. The average molecular weight is 671 g/mol. The Kier molecular flexibility index (Phi) is 5.94. The molecule has 0 spiro atoms. The normalized spacial score (nSPS) is 13.0. The van der Waals surface area contributed by atoms with E-state index in [1.807, 2.05) is 72.8 Å². The lowest BCUT2D eigenvalue weighted by Gasteiger charge is -2.35. The van der Waals surface area contributed by atoms with Crippen molar-refractivity contribution >= 4 is 72.4 Å². The molecule has 0 N–H and O–H groups in total. The molecule has 2 heterocycles. The lowest BCUT2D eigenvalue weighted by Crippen LogP contribution is -2.74. The van der Waals surface area contributed by atoms with Crippen molar-refractivity contribution in [3.8, 4) is 11.4 Å². The first-order valence-corrected chi connectivity index (χ1v) is 19.3. The van der Waals surface area contributed by atoms with E-state index >= 15 is 0 Å². The Labute approximate surface area is 303 Å². The van der Waals surface area contributed by atoms with Crippen molar-refractivity contribution in [2.75, 3.05) is 0 Å². The Morgan fingerprint density at radius 2 is 0.627 bits per heavy atom. The molecule has 0 saturated heterocycles. The zero-order valence-electron chi connectivity index (χ0n) is 31.7. The van der Waals surface area contributed by atoms with Gasteiger partial charge in [-0.25, -0.2) is 0 Å². The fourth-order valence-corrected chi connectivity index (χ4v) is 13.1. The van der Waals surface area contributed by atoms with Crippen LogP contribution in [-0.4, -0.2) is 17.2 Å². The van der Waals surface area contributed by atoms with E-state index in [0.29, 0.717) is 24.2 Å². The molecule has 240 valence electrons. The molecule has 51 heavy (non-hydrogen) atoms. The monoisotopic (exact) mass is 670 g/mol. The summed E-state index contributed by atoms with van der Waals surface area (Å²) in [4.78, 5) is 0. The highest BCUT2D eigenvalue weighted by Crippen LogP contribution is 2.35. The number of hydrogen-bond acceptors (Lipinski definition) is 0. The van der Waals surface area contributed by atoms with Crippen LogP contribution in [0.3, 0.4) is 0 Å². The number of nitrogens with zero attached hydrogens (tertiary/aromatic N) is 2. The van der Waals surface area contributed by atoms with E-state index in [1.54, 1.807) is 0 Å². The van der Waals surface area contributed by atoms with Gasteiger partial charge in [0, 0.05) is 32.9 Å². The van der Waals surface area contributed by atoms with E-state index in [-0.39, 0.29) is 0 Å². The van der Waals surface area contributed by atoms with Gasteiger partial charge in [-0.2, -0.15) is 0 Å². The minimum atomic E-state index is -3.04. The van der Waals surface area contributed by atoms with Gasteiger partial charge < -0.3 is 9.13 Å². The zero-order chi connectivity index (χ0) is 37.3. The Hall–Kier alpha value is -6.42. The number of aromatic nitrogens is 2. The summed E-state index contributed by atoms with van der Waals surface area (Å²) in [6.07, 6.45) is 0. The Morgan fingerprint density at radius 3 is 0.941 bits per heavy atom. The number of rotatable bonds is 6. The third-order valence-electron chi connectivity index (χ3n) is 10.4. The van der Waals surface area contributed by atoms with Gasteiger partial charge in [0.25, 0.3) is 0 Å². The van der Waals surface area contributed by atoms with Gasteiger partial charge in [0.2, 0.25) is 0 Å². The number of benzene rings is 8. The van der Waals surface area contributed by atoms with Gasteiger partial charge in [0.15, 0.2) is 8.07 Å². The van der Waals surface area contributed by atoms with Gasteiger partial charge in [-0.1, -0.05) is 164 Å². The third kappa shape index (κ3) is 4.49. The maximum absolute atomic E-state index is 8.55. The highest BCUT2D eigenvalue weighted by molar-refractivity contribution is 7.20. The maximum Gasteiger partial charge on any atom is 0.179 e. The van der Waals surface area contributed by atoms with E-state index < -0.39 is 8.07 Å². The summed E-state index contributed by atoms with van der Waals surface area (Å²) >= 11 is 0. The number of para-hydroxylation sites is 4. The second-order valence-electron chi connectivity index (χ2n) is 13.0. The molecule has 0 saturated carbocycles. The molecule has 0 amide bonds. The minimum absolute atomic E-state index is 0.424. The third-order valence-corrected chi connectivity index (χ3v) is 15.1. The van der Waals surface area contributed by atoms with Crippen molar-refractivity contribution in [3.63, 3.8) is 0 Å². The fraction of sp³-hybridized carbons (Fsp3) is 0. The van der Waals surface area contributed by atoms with E-state index in [9.17, 15) is 0 Å². The van der Waals surface area contributed by atoms with Gasteiger partial charge in [-0.05, 0) is 63.2 Å². The molecule has 0 fully saturated rings. The number of hydrogen-bond donors (Lipinski definition) is 0. The van der Waals surface area contributed by atoms with Crippen molar-refractivity contribution < 1.29 is 5.48 Å². The lowest BCUT2D eigenvalue weighted by atomic mass is 10.2. The average Bonchev–Trinajstić information content (AvgIpc) is 3.70. The first-order chi connectivity index (χ1) is 26.9. The summed E-state index contributed by atoms with van der Waals surface area (Å²) in [5, 5.41) is 8.71. The standard InChI is InChI=1S/C48H34N2Si/c1-4-18-37(19-5-1)51(38-20-6-2-7-21-38,39-22-8-3-9-23-39)40-33-35(49-45-28-14-10-24-41(45)42-25-11-15-29-46(42)49)32-36(34-40)50-47-30-16-12-26-43(47)44-27-13-17-31-48(44)50/h1-34H/i10D,11D,12D,13D. The molecular formula is C48H34N2Si. The van der Waals surface area contributed by atoms with Gasteiger partial charge in [0.1, 0.15) is 0 Å². The Balaban J connectivity index is 1.41. The molecule has 0 unspecified atom stereocenters. The summed E-state index contributed by atoms with van der Waals surface area (Å²) in [7, 11) is -3.04. The van der Waals surface area contributed by atoms with Crippen LogP contribution in [0.4, 0.5) is 0 Å². The van der Waals surface area contributed by atoms with Crippen LogP contribution >= 0.6 is 0 Å². The van der Waals surface area contributed by atoms with Crippen LogP contribution < -0.4 is 20.7 Å². The quantitative estimate of drug-likeness (QED) is 0.123.